The van der Waals surface area contributed by atoms with Crippen LogP contribution in [0.4, 0.5) is 5.69 Å². The number of nitrogens with zero attached hydrogens (tertiary/aromatic N) is 2. The first-order chi connectivity index (χ1) is 14.9. The Morgan fingerprint density at radius 2 is 1.90 bits per heavy atom. The van der Waals surface area contributed by atoms with E-state index in [0.717, 1.165) is 30.5 Å². The molecule has 2 amide bonds. The lowest BCUT2D eigenvalue weighted by Crippen LogP contribution is -2.34. The summed E-state index contributed by atoms with van der Waals surface area (Å²) in [4.78, 5) is 40.0. The third-order valence-electron chi connectivity index (χ3n) is 4.81. The number of esters is 1. The fourth-order valence-corrected chi connectivity index (χ4v) is 3.04. The number of carbonyl (C=O) groups excluding carboxylic acids is 3. The minimum Gasteiger partial charge on any atom is -0.491 e. The molecule has 0 spiro atoms. The van der Waals surface area contributed by atoms with Crippen LogP contribution in [0.5, 0.6) is 5.75 Å². The van der Waals surface area contributed by atoms with Gasteiger partial charge >= 0.3 is 5.97 Å². The zero-order valence-corrected chi connectivity index (χ0v) is 18.3. The number of hydrogen-bond donors (Lipinski definition) is 2. The van der Waals surface area contributed by atoms with Crippen molar-refractivity contribution in [2.45, 2.75) is 27.2 Å². The fraction of sp³-hybridized carbons (Fsp3) is 0.500. The Kier molecular flexibility index (Phi) is 9.48. The molecule has 31 heavy (non-hydrogen) atoms. The van der Waals surface area contributed by atoms with Gasteiger partial charge in [-0.15, -0.1) is 0 Å². The highest BCUT2D eigenvalue weighted by molar-refractivity contribution is 6.17. The number of rotatable bonds is 13. The average Bonchev–Trinajstić information content (AvgIpc) is 3.03. The Morgan fingerprint density at radius 1 is 1.16 bits per heavy atom. The summed E-state index contributed by atoms with van der Waals surface area (Å²) in [5.41, 5.74) is 0.729. The standard InChI is InChI=1S/C22H31N3O6/c1-4-12-30-19-8-7-16(22(29)31-13-10-24(5-2)6-3)14-17(19)23-18-15-20(27)25(9-11-26)21(18)28/h7-8,14-15,23,26H,4-6,9-13H2,1-3H3. The number of aliphatic hydroxyl groups is 1. The van der Waals surface area contributed by atoms with E-state index in [9.17, 15) is 14.4 Å². The molecule has 0 saturated carbocycles. The largest absolute Gasteiger partial charge is 0.491 e. The van der Waals surface area contributed by atoms with Crippen LogP contribution in [0.25, 0.3) is 0 Å². The maximum absolute atomic E-state index is 12.5. The van der Waals surface area contributed by atoms with Crippen LogP contribution in [-0.4, -0.2) is 78.7 Å². The molecule has 2 N–H and O–H groups in total. The number of imide groups is 1. The van der Waals surface area contributed by atoms with E-state index in [1.54, 1.807) is 12.1 Å². The Balaban J connectivity index is 2.16. The second-order valence-corrected chi connectivity index (χ2v) is 6.92. The lowest BCUT2D eigenvalue weighted by atomic mass is 10.1. The maximum Gasteiger partial charge on any atom is 0.338 e. The topological polar surface area (TPSA) is 108 Å². The van der Waals surface area contributed by atoms with Gasteiger partial charge in [-0.1, -0.05) is 20.8 Å². The van der Waals surface area contributed by atoms with Crippen LogP contribution in [0.2, 0.25) is 0 Å². The summed E-state index contributed by atoms with van der Waals surface area (Å²) in [5, 5.41) is 12.0. The molecule has 9 heteroatoms. The maximum atomic E-state index is 12.5. The van der Waals surface area contributed by atoms with Gasteiger partial charge in [0.25, 0.3) is 11.8 Å². The predicted octanol–water partition coefficient (Wildman–Crippen LogP) is 1.63. The highest BCUT2D eigenvalue weighted by Gasteiger charge is 2.31. The molecule has 170 valence electrons. The summed E-state index contributed by atoms with van der Waals surface area (Å²) in [6.45, 7) is 8.76. The lowest BCUT2D eigenvalue weighted by Gasteiger charge is -2.18. The molecule has 2 rings (SSSR count). The quantitative estimate of drug-likeness (QED) is 0.357. The first kappa shape index (κ1) is 24.4. The van der Waals surface area contributed by atoms with E-state index in [-0.39, 0.29) is 25.5 Å². The van der Waals surface area contributed by atoms with Gasteiger partial charge in [-0.25, -0.2) is 4.79 Å². The van der Waals surface area contributed by atoms with E-state index in [4.69, 9.17) is 14.6 Å². The minimum atomic E-state index is -0.548. The van der Waals surface area contributed by atoms with Crippen LogP contribution in [0, 0.1) is 0 Å². The van der Waals surface area contributed by atoms with Crippen LogP contribution < -0.4 is 10.1 Å². The molecule has 0 saturated heterocycles. The van der Waals surface area contributed by atoms with Crippen LogP contribution in [0.3, 0.4) is 0 Å². The van der Waals surface area contributed by atoms with Gasteiger partial charge in [0, 0.05) is 12.6 Å². The SMILES string of the molecule is CCCOc1ccc(C(=O)OCCN(CC)CC)cc1NC1=CC(=O)N(CCO)C1=O. The number of β-amino-alcohol motifs (C(OH)–C–C–N with tert-alkyl or cyclic N) is 1. The molecule has 1 aliphatic rings. The van der Waals surface area contributed by atoms with E-state index in [1.165, 1.54) is 6.07 Å². The highest BCUT2D eigenvalue weighted by atomic mass is 16.5. The van der Waals surface area contributed by atoms with Crippen LogP contribution in [0.15, 0.2) is 30.0 Å². The normalized spacial score (nSPS) is 13.6. The zero-order valence-electron chi connectivity index (χ0n) is 18.3. The summed E-state index contributed by atoms with van der Waals surface area (Å²) >= 11 is 0. The summed E-state index contributed by atoms with van der Waals surface area (Å²) in [6, 6.07) is 4.77. The molecule has 0 fully saturated rings. The van der Waals surface area contributed by atoms with E-state index in [1.807, 2.05) is 20.8 Å². The molecule has 0 unspecified atom stereocenters. The molecule has 0 aliphatic carbocycles. The summed E-state index contributed by atoms with van der Waals surface area (Å²) in [6.07, 6.45) is 1.94. The number of likely N-dealkylation sites (N-methyl/N-ethyl adjacent to an activating group) is 1. The van der Waals surface area contributed by atoms with Gasteiger partial charge in [-0.05, 0) is 37.7 Å². The number of ether oxygens (including phenoxy) is 2. The Bertz CT molecular complexity index is 819. The van der Waals surface area contributed by atoms with Crippen LogP contribution in [0.1, 0.15) is 37.6 Å². The monoisotopic (exact) mass is 433 g/mol. The van der Waals surface area contributed by atoms with Gasteiger partial charge < -0.3 is 24.8 Å². The number of anilines is 1. The molecule has 0 atom stereocenters. The smallest absolute Gasteiger partial charge is 0.338 e. The van der Waals surface area contributed by atoms with Crippen molar-refractivity contribution >= 4 is 23.5 Å². The number of hydrogen-bond acceptors (Lipinski definition) is 8. The van der Waals surface area contributed by atoms with Gasteiger partial charge in [0.2, 0.25) is 0 Å². The molecule has 0 aromatic heterocycles. The summed E-state index contributed by atoms with van der Waals surface area (Å²) in [5.74, 6) is -1.09. The first-order valence-electron chi connectivity index (χ1n) is 10.6. The molecule has 1 heterocycles. The molecular formula is C22H31N3O6. The summed E-state index contributed by atoms with van der Waals surface area (Å²) in [7, 11) is 0. The van der Waals surface area contributed by atoms with Gasteiger partial charge in [-0.2, -0.15) is 0 Å². The molecule has 9 nitrogen and oxygen atoms in total. The number of aliphatic hydroxyl groups excluding tert-OH is 1. The van der Waals surface area contributed by atoms with Gasteiger partial charge in [0.05, 0.1) is 31.0 Å². The third kappa shape index (κ3) is 6.53. The Morgan fingerprint density at radius 3 is 2.55 bits per heavy atom. The summed E-state index contributed by atoms with van der Waals surface area (Å²) < 4.78 is 11.1. The molecule has 0 bridgehead atoms. The van der Waals surface area contributed by atoms with Gasteiger partial charge in [0.1, 0.15) is 18.1 Å². The average molecular weight is 434 g/mol. The molecule has 0 radical (unpaired) electrons. The van der Waals surface area contributed by atoms with Crippen molar-refractivity contribution in [2.75, 3.05) is 51.3 Å². The van der Waals surface area contributed by atoms with Crippen molar-refractivity contribution in [3.05, 3.63) is 35.5 Å². The number of nitrogens with one attached hydrogen (secondary N) is 1. The van der Waals surface area contributed by atoms with E-state index < -0.39 is 17.8 Å². The predicted molar refractivity (Wildman–Crippen MR) is 116 cm³/mol. The third-order valence-corrected chi connectivity index (χ3v) is 4.81. The van der Waals surface area contributed by atoms with Crippen LogP contribution >= 0.6 is 0 Å². The number of carbonyl (C=O) groups is 3. The van der Waals surface area contributed by atoms with Crippen molar-refractivity contribution in [1.29, 1.82) is 0 Å². The van der Waals surface area contributed by atoms with E-state index in [2.05, 4.69) is 10.2 Å². The second-order valence-electron chi connectivity index (χ2n) is 6.92. The molecular weight excluding hydrogens is 402 g/mol. The number of benzene rings is 1. The van der Waals surface area contributed by atoms with Gasteiger partial charge in [-0.3, -0.25) is 14.5 Å². The van der Waals surface area contributed by atoms with Crippen molar-refractivity contribution in [1.82, 2.24) is 9.80 Å². The van der Waals surface area contributed by atoms with Crippen molar-refractivity contribution in [3.8, 4) is 5.75 Å². The van der Waals surface area contributed by atoms with Gasteiger partial charge in [0.15, 0.2) is 0 Å². The van der Waals surface area contributed by atoms with Crippen molar-refractivity contribution in [2.24, 2.45) is 0 Å². The van der Waals surface area contributed by atoms with Crippen molar-refractivity contribution in [3.63, 3.8) is 0 Å². The molecule has 1 aromatic rings. The lowest BCUT2D eigenvalue weighted by molar-refractivity contribution is -0.137. The fourth-order valence-electron chi connectivity index (χ4n) is 3.04. The first-order valence-corrected chi connectivity index (χ1v) is 10.6. The molecule has 1 aromatic carbocycles. The molecule has 1 aliphatic heterocycles. The zero-order chi connectivity index (χ0) is 22.8. The van der Waals surface area contributed by atoms with Crippen molar-refractivity contribution < 1.29 is 29.0 Å². The Hall–Kier alpha value is -2.91. The Labute approximate surface area is 182 Å². The van der Waals surface area contributed by atoms with E-state index in [0.29, 0.717) is 30.2 Å². The number of amides is 2. The second kappa shape index (κ2) is 12.1. The van der Waals surface area contributed by atoms with Crippen LogP contribution in [-0.2, 0) is 14.3 Å². The highest BCUT2D eigenvalue weighted by Crippen LogP contribution is 2.29. The van der Waals surface area contributed by atoms with E-state index >= 15 is 0 Å². The minimum absolute atomic E-state index is 0.0480.